The van der Waals surface area contributed by atoms with E-state index in [0.717, 1.165) is 21.7 Å². The largest absolute Gasteiger partial charge is 0.458 e. The summed E-state index contributed by atoms with van der Waals surface area (Å²) in [6.45, 7) is 0. The molecule has 3 nitrogen and oxygen atoms in total. The number of aliphatic hydroxyl groups excluding tert-OH is 1. The highest BCUT2D eigenvalue weighted by Gasteiger charge is 2.19. The highest BCUT2D eigenvalue weighted by molar-refractivity contribution is 5.85. The molecule has 4 rings (SSSR count). The van der Waals surface area contributed by atoms with Crippen LogP contribution < -0.4 is 0 Å². The van der Waals surface area contributed by atoms with Gasteiger partial charge in [0.05, 0.1) is 5.69 Å². The van der Waals surface area contributed by atoms with Gasteiger partial charge in [-0.3, -0.25) is 4.98 Å². The molecule has 0 aliphatic heterocycles. The van der Waals surface area contributed by atoms with Crippen LogP contribution in [0.25, 0.3) is 21.7 Å². The van der Waals surface area contributed by atoms with E-state index in [0.29, 0.717) is 11.5 Å². The van der Waals surface area contributed by atoms with Gasteiger partial charge in [0.25, 0.3) is 0 Å². The summed E-state index contributed by atoms with van der Waals surface area (Å²) in [7, 11) is 0. The maximum absolute atomic E-state index is 10.6. The van der Waals surface area contributed by atoms with Crippen LogP contribution in [0, 0.1) is 0 Å². The Labute approximate surface area is 121 Å². The number of nitrogens with zero attached hydrogens (tertiary/aromatic N) is 1. The molecule has 3 heteroatoms. The minimum Gasteiger partial charge on any atom is -0.458 e. The molecular formula is C18H13NO2. The lowest BCUT2D eigenvalue weighted by Gasteiger charge is -2.10. The molecule has 0 spiro atoms. The molecule has 0 saturated carbocycles. The molecule has 2 heterocycles. The number of hydrogen-bond donors (Lipinski definition) is 1. The Bertz CT molecular complexity index is 888. The minimum atomic E-state index is -0.872. The van der Waals surface area contributed by atoms with Gasteiger partial charge in [0.2, 0.25) is 0 Å². The third-order valence-electron chi connectivity index (χ3n) is 3.68. The van der Waals surface area contributed by atoms with Gasteiger partial charge in [-0.1, -0.05) is 42.5 Å². The maximum atomic E-state index is 10.6. The Kier molecular flexibility index (Phi) is 2.72. The summed E-state index contributed by atoms with van der Waals surface area (Å²) in [6.07, 6.45) is 0.840. The molecule has 0 aliphatic rings. The van der Waals surface area contributed by atoms with Crippen molar-refractivity contribution in [2.24, 2.45) is 0 Å². The van der Waals surface area contributed by atoms with Crippen molar-refractivity contribution in [2.75, 3.05) is 0 Å². The molecule has 1 atom stereocenters. The van der Waals surface area contributed by atoms with Gasteiger partial charge >= 0.3 is 0 Å². The number of para-hydroxylation sites is 1. The summed E-state index contributed by atoms with van der Waals surface area (Å²) in [5, 5.41) is 13.6. The Morgan fingerprint density at radius 2 is 1.67 bits per heavy atom. The van der Waals surface area contributed by atoms with Crippen molar-refractivity contribution in [2.45, 2.75) is 6.10 Å². The smallest absolute Gasteiger partial charge is 0.154 e. The molecule has 1 unspecified atom stereocenters. The van der Waals surface area contributed by atoms with Gasteiger partial charge < -0.3 is 9.52 Å². The Balaban J connectivity index is 1.87. The summed E-state index contributed by atoms with van der Waals surface area (Å²) in [5.41, 5.74) is 1.39. The zero-order valence-corrected chi connectivity index (χ0v) is 11.2. The van der Waals surface area contributed by atoms with Crippen LogP contribution in [0.2, 0.25) is 0 Å². The molecule has 2 aromatic heterocycles. The Morgan fingerprint density at radius 1 is 0.905 bits per heavy atom. The fraction of sp³-hybridized carbons (Fsp3) is 0.0556. The molecule has 21 heavy (non-hydrogen) atoms. The summed E-state index contributed by atoms with van der Waals surface area (Å²) in [5.74, 6) is 0.514. The number of pyridine rings is 1. The summed E-state index contributed by atoms with van der Waals surface area (Å²) >= 11 is 0. The van der Waals surface area contributed by atoms with E-state index in [2.05, 4.69) is 4.98 Å². The Morgan fingerprint density at radius 3 is 2.52 bits per heavy atom. The third-order valence-corrected chi connectivity index (χ3v) is 3.68. The first-order valence-corrected chi connectivity index (χ1v) is 6.83. The highest BCUT2D eigenvalue weighted by Crippen LogP contribution is 2.30. The minimum absolute atomic E-state index is 0.514. The van der Waals surface area contributed by atoms with Crippen molar-refractivity contribution in [3.05, 3.63) is 78.3 Å². The van der Waals surface area contributed by atoms with Crippen molar-refractivity contribution in [3.63, 3.8) is 0 Å². The van der Waals surface area contributed by atoms with Crippen molar-refractivity contribution in [1.29, 1.82) is 0 Å². The number of rotatable bonds is 2. The van der Waals surface area contributed by atoms with E-state index >= 15 is 0 Å². The summed E-state index contributed by atoms with van der Waals surface area (Å²) in [4.78, 5) is 4.34. The van der Waals surface area contributed by atoms with E-state index in [9.17, 15) is 5.11 Å². The average Bonchev–Trinajstić information content (AvgIpc) is 2.97. The van der Waals surface area contributed by atoms with Crippen LogP contribution in [0.5, 0.6) is 0 Å². The number of furan rings is 1. The van der Waals surface area contributed by atoms with Crippen LogP contribution in [0.15, 0.2) is 71.3 Å². The molecule has 4 aromatic rings. The summed E-state index contributed by atoms with van der Waals surface area (Å²) < 4.78 is 5.74. The maximum Gasteiger partial charge on any atom is 0.154 e. The van der Waals surface area contributed by atoms with E-state index in [1.807, 2.05) is 60.7 Å². The van der Waals surface area contributed by atoms with E-state index in [1.54, 1.807) is 6.20 Å². The first-order valence-electron chi connectivity index (χ1n) is 6.83. The van der Waals surface area contributed by atoms with Crippen molar-refractivity contribution in [3.8, 4) is 0 Å². The van der Waals surface area contributed by atoms with Crippen LogP contribution in [0.4, 0.5) is 0 Å². The molecule has 0 amide bonds. The quantitative estimate of drug-likeness (QED) is 0.600. The van der Waals surface area contributed by atoms with Crippen molar-refractivity contribution in [1.82, 2.24) is 4.98 Å². The number of aliphatic hydroxyl groups is 1. The second-order valence-electron chi connectivity index (χ2n) is 5.01. The van der Waals surface area contributed by atoms with Gasteiger partial charge in [0.1, 0.15) is 11.3 Å². The van der Waals surface area contributed by atoms with E-state index in [1.165, 1.54) is 0 Å². The molecule has 0 aliphatic carbocycles. The first-order chi connectivity index (χ1) is 10.3. The van der Waals surface area contributed by atoms with E-state index in [-0.39, 0.29) is 0 Å². The number of benzene rings is 2. The first kappa shape index (κ1) is 12.1. The van der Waals surface area contributed by atoms with Crippen LogP contribution in [-0.2, 0) is 0 Å². The van der Waals surface area contributed by atoms with Gasteiger partial charge in [-0.25, -0.2) is 0 Å². The van der Waals surface area contributed by atoms with Crippen molar-refractivity contribution >= 4 is 21.7 Å². The molecular weight excluding hydrogens is 262 g/mol. The number of hydrogen-bond acceptors (Lipinski definition) is 3. The number of aromatic nitrogens is 1. The molecule has 0 radical (unpaired) electrons. The standard InChI is InChI=1S/C18H13NO2/c20-18(16-11-13-6-2-4-8-15(13)21-16)17-14-7-3-1-5-12(14)9-10-19-17/h1-11,18,20H. The van der Waals surface area contributed by atoms with Gasteiger partial charge in [0.15, 0.2) is 6.10 Å². The van der Waals surface area contributed by atoms with Crippen molar-refractivity contribution < 1.29 is 9.52 Å². The average molecular weight is 275 g/mol. The fourth-order valence-electron chi connectivity index (χ4n) is 2.63. The highest BCUT2D eigenvalue weighted by atomic mass is 16.4. The molecule has 2 aromatic carbocycles. The lowest BCUT2D eigenvalue weighted by molar-refractivity contribution is 0.189. The Hall–Kier alpha value is -2.65. The molecule has 0 bridgehead atoms. The number of fused-ring (bicyclic) bond motifs is 2. The van der Waals surface area contributed by atoms with Gasteiger partial charge in [0, 0.05) is 17.0 Å². The lowest BCUT2D eigenvalue weighted by Crippen LogP contribution is -2.01. The third kappa shape index (κ3) is 1.99. The van der Waals surface area contributed by atoms with Crippen LogP contribution in [0.1, 0.15) is 17.6 Å². The van der Waals surface area contributed by atoms with Crippen LogP contribution in [0.3, 0.4) is 0 Å². The van der Waals surface area contributed by atoms with E-state index < -0.39 is 6.10 Å². The zero-order valence-electron chi connectivity index (χ0n) is 11.2. The topological polar surface area (TPSA) is 46.3 Å². The lowest BCUT2D eigenvalue weighted by atomic mass is 10.1. The summed E-state index contributed by atoms with van der Waals surface area (Å²) in [6, 6.07) is 19.4. The predicted molar refractivity (Wildman–Crippen MR) is 82.0 cm³/mol. The second kappa shape index (κ2) is 4.72. The predicted octanol–water partition coefficient (Wildman–Crippen LogP) is 4.06. The van der Waals surface area contributed by atoms with E-state index in [4.69, 9.17) is 4.42 Å². The molecule has 1 N–H and O–H groups in total. The molecule has 0 fully saturated rings. The fourth-order valence-corrected chi connectivity index (χ4v) is 2.63. The van der Waals surface area contributed by atoms with Crippen LogP contribution >= 0.6 is 0 Å². The second-order valence-corrected chi connectivity index (χ2v) is 5.01. The van der Waals surface area contributed by atoms with Gasteiger partial charge in [-0.05, 0) is 23.6 Å². The van der Waals surface area contributed by atoms with Gasteiger partial charge in [-0.2, -0.15) is 0 Å². The van der Waals surface area contributed by atoms with Crippen LogP contribution in [-0.4, -0.2) is 10.1 Å². The molecule has 0 saturated heterocycles. The molecule has 102 valence electrons. The normalized spacial score (nSPS) is 12.8. The SMILES string of the molecule is OC(c1cc2ccccc2o1)c1nccc2ccccc12. The monoisotopic (exact) mass is 275 g/mol. The zero-order chi connectivity index (χ0) is 14.2. The van der Waals surface area contributed by atoms with Gasteiger partial charge in [-0.15, -0.1) is 0 Å².